The molecule has 278 valence electrons. The number of hydrogen-bond acceptors (Lipinski definition) is 7. The van der Waals surface area contributed by atoms with Gasteiger partial charge in [0.1, 0.15) is 18.2 Å². The van der Waals surface area contributed by atoms with E-state index < -0.39 is 18.1 Å². The van der Waals surface area contributed by atoms with Gasteiger partial charge in [-0.15, -0.1) is 0 Å². The number of ether oxygens (including phenoxy) is 3. The third-order valence-corrected chi connectivity index (χ3v) is 16.1. The topological polar surface area (TPSA) is 135 Å². The van der Waals surface area contributed by atoms with E-state index in [9.17, 15) is 24.6 Å². The molecule has 10 nitrogen and oxygen atoms in total. The number of carbonyl (C=O) groups is 3. The molecule has 3 N–H and O–H groups in total. The Bertz CT molecular complexity index is 1300. The first-order valence-corrected chi connectivity index (χ1v) is 19.3. The molecule has 1 saturated heterocycles. The number of carbonyl (C=O) groups excluding carboxylic acids is 2. The van der Waals surface area contributed by atoms with Crippen LogP contribution in [0.3, 0.4) is 0 Å². The van der Waals surface area contributed by atoms with Crippen molar-refractivity contribution in [1.29, 1.82) is 0 Å². The summed E-state index contributed by atoms with van der Waals surface area (Å²) >= 11 is 0. The maximum Gasteiger partial charge on any atom is 0.410 e. The highest BCUT2D eigenvalue weighted by Crippen LogP contribution is 2.89. The van der Waals surface area contributed by atoms with Crippen LogP contribution in [0.4, 0.5) is 9.59 Å². The summed E-state index contributed by atoms with van der Waals surface area (Å²) in [6.45, 7) is 18.9. The number of alkyl carbamates (subject to hydrolysis) is 1. The lowest BCUT2D eigenvalue weighted by Crippen LogP contribution is -2.60. The number of fused-ring (bicyclic) bond motifs is 2. The highest BCUT2D eigenvalue weighted by molar-refractivity contribution is 5.79. The van der Waals surface area contributed by atoms with Gasteiger partial charge in [-0.2, -0.15) is 0 Å². The summed E-state index contributed by atoms with van der Waals surface area (Å²) < 4.78 is 18.1. The van der Waals surface area contributed by atoms with Gasteiger partial charge in [-0.25, -0.2) is 9.59 Å². The number of carboxylic acid groups (broad SMARTS) is 1. The van der Waals surface area contributed by atoms with Crippen LogP contribution in [-0.4, -0.2) is 83.9 Å². The number of hydrogen-bond donors (Lipinski definition) is 3. The summed E-state index contributed by atoms with van der Waals surface area (Å²) in [6, 6.07) is -1.00. The number of nitrogens with zero attached hydrogens (tertiary/aromatic N) is 1. The second-order valence-corrected chi connectivity index (χ2v) is 18.6. The van der Waals surface area contributed by atoms with Gasteiger partial charge >= 0.3 is 18.2 Å². The van der Waals surface area contributed by atoms with Crippen LogP contribution in [0.1, 0.15) is 120 Å². The maximum absolute atomic E-state index is 12.8. The molecule has 2 amide bonds. The van der Waals surface area contributed by atoms with E-state index in [1.807, 2.05) is 0 Å². The summed E-state index contributed by atoms with van der Waals surface area (Å²) in [4.78, 5) is 38.6. The Morgan fingerprint density at radius 2 is 1.59 bits per heavy atom. The van der Waals surface area contributed by atoms with Crippen LogP contribution >= 0.6 is 0 Å². The fourth-order valence-corrected chi connectivity index (χ4v) is 13.1. The largest absolute Gasteiger partial charge is 0.480 e. The van der Waals surface area contributed by atoms with E-state index in [1.165, 1.54) is 19.8 Å². The van der Waals surface area contributed by atoms with Crippen LogP contribution < -0.4 is 5.32 Å². The molecule has 49 heavy (non-hydrogen) atoms. The van der Waals surface area contributed by atoms with Crippen molar-refractivity contribution in [2.24, 2.45) is 56.7 Å². The van der Waals surface area contributed by atoms with Crippen molar-refractivity contribution >= 4 is 18.2 Å². The molecular formula is C39H64N2O8. The normalized spacial score (nSPS) is 42.6. The predicted octanol–water partition coefficient (Wildman–Crippen LogP) is 6.87. The maximum atomic E-state index is 12.8. The summed E-state index contributed by atoms with van der Waals surface area (Å²) in [5.41, 5.74) is -0.0525. The van der Waals surface area contributed by atoms with Gasteiger partial charge in [0.15, 0.2) is 0 Å². The zero-order valence-corrected chi connectivity index (χ0v) is 31.5. The lowest BCUT2D eigenvalue weighted by atomic mass is 9.41. The minimum Gasteiger partial charge on any atom is -0.480 e. The van der Waals surface area contributed by atoms with E-state index in [2.05, 4.69) is 53.8 Å². The van der Waals surface area contributed by atoms with E-state index in [-0.39, 0.29) is 69.4 Å². The average Bonchev–Trinajstić information content (AvgIpc) is 3.61. The Balaban J connectivity index is 1.18. The second-order valence-electron chi connectivity index (χ2n) is 18.6. The molecule has 10 heteroatoms. The Morgan fingerprint density at radius 1 is 0.939 bits per heavy atom. The van der Waals surface area contributed by atoms with Crippen LogP contribution in [0.15, 0.2) is 0 Å². The fraction of sp³-hybridized carbons (Fsp3) is 0.923. The van der Waals surface area contributed by atoms with E-state index in [0.29, 0.717) is 17.8 Å². The molecule has 1 heterocycles. The van der Waals surface area contributed by atoms with Crippen molar-refractivity contribution in [3.63, 3.8) is 0 Å². The zero-order valence-electron chi connectivity index (χ0n) is 31.5. The number of nitrogens with one attached hydrogen (secondary N) is 1. The zero-order chi connectivity index (χ0) is 35.9. The molecule has 0 aromatic rings. The Labute approximate surface area is 293 Å². The van der Waals surface area contributed by atoms with Crippen molar-refractivity contribution in [3.8, 4) is 0 Å². The number of methoxy groups -OCH3 is 1. The van der Waals surface area contributed by atoms with Gasteiger partial charge in [0.25, 0.3) is 0 Å². The first kappa shape index (κ1) is 36.7. The molecule has 0 bridgehead atoms. The summed E-state index contributed by atoms with van der Waals surface area (Å²) in [7, 11) is 1.74. The van der Waals surface area contributed by atoms with E-state index >= 15 is 0 Å². The van der Waals surface area contributed by atoms with Crippen LogP contribution in [0.25, 0.3) is 0 Å². The molecule has 6 aliphatic rings. The van der Waals surface area contributed by atoms with E-state index in [1.54, 1.807) is 12.0 Å². The Kier molecular flexibility index (Phi) is 9.41. The molecule has 0 radical (unpaired) electrons. The van der Waals surface area contributed by atoms with Gasteiger partial charge < -0.3 is 34.6 Å². The Hall–Kier alpha value is -2.07. The third-order valence-electron chi connectivity index (χ3n) is 16.1. The quantitative estimate of drug-likeness (QED) is 0.226. The fourth-order valence-electron chi connectivity index (χ4n) is 13.1. The molecule has 0 aromatic carbocycles. The van der Waals surface area contributed by atoms with Gasteiger partial charge in [0.05, 0.1) is 12.2 Å². The van der Waals surface area contributed by atoms with Crippen LogP contribution in [-0.2, 0) is 19.0 Å². The highest BCUT2D eigenvalue weighted by atomic mass is 16.6. The van der Waals surface area contributed by atoms with Gasteiger partial charge in [-0.1, -0.05) is 48.5 Å². The summed E-state index contributed by atoms with van der Waals surface area (Å²) in [5.74, 6) is 0.517. The van der Waals surface area contributed by atoms with Crippen molar-refractivity contribution in [1.82, 2.24) is 10.2 Å². The smallest absolute Gasteiger partial charge is 0.410 e. The molecule has 5 aliphatic carbocycles. The van der Waals surface area contributed by atoms with Crippen LogP contribution in [0, 0.1) is 56.7 Å². The van der Waals surface area contributed by atoms with Gasteiger partial charge in [-0.3, -0.25) is 4.79 Å². The molecule has 0 aromatic heterocycles. The molecule has 2 spiro atoms. The lowest BCUT2D eigenvalue weighted by Gasteiger charge is -2.63. The van der Waals surface area contributed by atoms with Crippen molar-refractivity contribution in [2.75, 3.05) is 20.2 Å². The monoisotopic (exact) mass is 688 g/mol. The first-order chi connectivity index (χ1) is 22.9. The van der Waals surface area contributed by atoms with Crippen molar-refractivity contribution in [2.45, 2.75) is 150 Å². The lowest BCUT2D eigenvalue weighted by molar-refractivity contribution is -0.182. The highest BCUT2D eigenvalue weighted by Gasteiger charge is 2.83. The number of aliphatic carboxylic acids is 1. The second kappa shape index (κ2) is 12.6. The first-order valence-electron chi connectivity index (χ1n) is 19.3. The SMILES string of the molecule is COC(C[C@@H](C)[C@H]1C[C@H](O)[C@@]2(C)C3CC[C@H]4C(C)(C)[C@@H](OC(=O)N[C@@H](C)C(=O)O)CC[C@@]45C[C@@]35CC[C@]12C)[C@H](OC(=O)N1CCC1)C(C)C. The Morgan fingerprint density at radius 3 is 2.18 bits per heavy atom. The molecule has 5 saturated carbocycles. The standard InChI is InChI=1S/C39H64N2O8/c1-22(2)31(49-34(46)41-17-10-18-41)26(47-9)19-23(3)25-20-29(42)37(8)28-12-11-27-35(5,6)30(48-33(45)40-24(4)32(43)44)13-14-38(27)21-39(28,38)16-15-36(25,37)7/h22-31,42H,10-21H2,1-9H3,(H,40,45)(H,43,44)/t23-,24+,25-,26?,27+,28?,29+,30+,31-,36-,37-,38-,39+/m1/s1. The predicted molar refractivity (Wildman–Crippen MR) is 185 cm³/mol. The summed E-state index contributed by atoms with van der Waals surface area (Å²) in [5, 5.41) is 23.9. The van der Waals surface area contributed by atoms with Gasteiger partial charge in [0, 0.05) is 31.0 Å². The molecule has 13 atom stereocenters. The molecule has 1 aliphatic heterocycles. The van der Waals surface area contributed by atoms with Crippen molar-refractivity contribution in [3.05, 3.63) is 0 Å². The minimum atomic E-state index is -1.08. The van der Waals surface area contributed by atoms with Gasteiger partial charge in [-0.05, 0) is 117 Å². The number of amides is 2. The van der Waals surface area contributed by atoms with Crippen LogP contribution in [0.5, 0.6) is 0 Å². The molecule has 6 fully saturated rings. The number of rotatable bonds is 10. The number of carboxylic acids is 1. The molecule has 6 rings (SSSR count). The summed E-state index contributed by atoms with van der Waals surface area (Å²) in [6.07, 6.45) is 7.90. The average molecular weight is 689 g/mol. The van der Waals surface area contributed by atoms with Gasteiger partial charge in [0.2, 0.25) is 0 Å². The minimum absolute atomic E-state index is 0.0208. The number of aliphatic hydroxyl groups is 1. The molecular weight excluding hydrogens is 624 g/mol. The van der Waals surface area contributed by atoms with E-state index in [0.717, 1.165) is 64.5 Å². The molecule has 2 unspecified atom stereocenters. The number of aliphatic hydroxyl groups excluding tert-OH is 1. The van der Waals surface area contributed by atoms with Crippen molar-refractivity contribution < 1.29 is 38.8 Å². The van der Waals surface area contributed by atoms with E-state index in [4.69, 9.17) is 14.2 Å². The third kappa shape index (κ3) is 5.42. The number of likely N-dealkylation sites (tertiary alicyclic amines) is 1. The van der Waals surface area contributed by atoms with Crippen LogP contribution in [0.2, 0.25) is 0 Å².